The lowest BCUT2D eigenvalue weighted by Gasteiger charge is -2.41. The molecule has 0 N–H and O–H groups in total. The van der Waals surface area contributed by atoms with Gasteiger partial charge in [-0.2, -0.15) is 0 Å². The highest BCUT2D eigenvalue weighted by Crippen LogP contribution is 2.25. The number of carbonyl (C=O) groups is 2. The van der Waals surface area contributed by atoms with E-state index in [4.69, 9.17) is 9.47 Å². The predicted octanol–water partition coefficient (Wildman–Crippen LogP) is 2.39. The summed E-state index contributed by atoms with van der Waals surface area (Å²) in [5.74, 6) is 0.572. The van der Waals surface area contributed by atoms with E-state index in [9.17, 15) is 9.59 Å². The second-order valence-corrected chi connectivity index (χ2v) is 8.43. The number of morpholine rings is 1. The van der Waals surface area contributed by atoms with Crippen LogP contribution in [0.5, 0.6) is 5.75 Å². The number of rotatable bonds is 5. The predicted molar refractivity (Wildman–Crippen MR) is 123 cm³/mol. The number of nitrogens with zero attached hydrogens (tertiary/aromatic N) is 3. The van der Waals surface area contributed by atoms with Crippen LogP contribution >= 0.6 is 0 Å². The number of benzene rings is 2. The lowest BCUT2D eigenvalue weighted by molar-refractivity contribution is -0.160. The first kappa shape index (κ1) is 22.1. The molecule has 0 aromatic heterocycles. The van der Waals surface area contributed by atoms with Crippen molar-refractivity contribution in [1.82, 2.24) is 9.80 Å². The lowest BCUT2D eigenvalue weighted by Crippen LogP contribution is -2.59. The van der Waals surface area contributed by atoms with E-state index in [0.29, 0.717) is 19.6 Å². The molecule has 2 aliphatic heterocycles. The number of hydrogen-bond donors (Lipinski definition) is 0. The fourth-order valence-electron chi connectivity index (χ4n) is 4.39. The number of ether oxygens (including phenoxy) is 2. The van der Waals surface area contributed by atoms with E-state index in [0.717, 1.165) is 24.4 Å². The number of hydrogen-bond acceptors (Lipinski definition) is 5. The molecule has 2 aliphatic rings. The van der Waals surface area contributed by atoms with Crippen LogP contribution in [0.3, 0.4) is 0 Å². The van der Waals surface area contributed by atoms with E-state index >= 15 is 0 Å². The first-order valence-electron chi connectivity index (χ1n) is 11.1. The Bertz CT molecular complexity index is 968. The molecule has 2 amide bonds. The van der Waals surface area contributed by atoms with Crippen LogP contribution in [0.25, 0.3) is 0 Å². The topological polar surface area (TPSA) is 62.3 Å². The van der Waals surface area contributed by atoms with E-state index in [-0.39, 0.29) is 25.0 Å². The largest absolute Gasteiger partial charge is 0.497 e. The summed E-state index contributed by atoms with van der Waals surface area (Å²) in [6.07, 6.45) is 0. The molecule has 170 valence electrons. The Hall–Kier alpha value is -3.06. The molecule has 7 heteroatoms. The molecule has 1 atom stereocenters. The van der Waals surface area contributed by atoms with Crippen molar-refractivity contribution in [2.24, 2.45) is 0 Å². The van der Waals surface area contributed by atoms with Gasteiger partial charge in [0.15, 0.2) is 0 Å². The van der Waals surface area contributed by atoms with Gasteiger partial charge >= 0.3 is 0 Å². The molecule has 2 saturated heterocycles. The number of carbonyl (C=O) groups excluding carboxylic acids is 2. The summed E-state index contributed by atoms with van der Waals surface area (Å²) in [7, 11) is 1.62. The molecule has 2 aromatic rings. The van der Waals surface area contributed by atoms with E-state index in [1.807, 2.05) is 29.2 Å². The van der Waals surface area contributed by atoms with Crippen molar-refractivity contribution in [3.05, 3.63) is 59.2 Å². The molecule has 2 aromatic carbocycles. The molecule has 0 bridgehead atoms. The number of anilines is 1. The molecule has 0 radical (unpaired) electrons. The molecule has 7 nitrogen and oxygen atoms in total. The zero-order chi connectivity index (χ0) is 22.7. The zero-order valence-corrected chi connectivity index (χ0v) is 19.0. The van der Waals surface area contributed by atoms with Crippen molar-refractivity contribution < 1.29 is 19.1 Å². The van der Waals surface area contributed by atoms with Gasteiger partial charge < -0.3 is 24.2 Å². The van der Waals surface area contributed by atoms with Crippen LogP contribution in [0, 0.1) is 13.8 Å². The summed E-state index contributed by atoms with van der Waals surface area (Å²) >= 11 is 0. The minimum atomic E-state index is -0.592. The van der Waals surface area contributed by atoms with Crippen LogP contribution < -0.4 is 9.64 Å². The maximum absolute atomic E-state index is 13.4. The molecule has 2 heterocycles. The Kier molecular flexibility index (Phi) is 6.65. The van der Waals surface area contributed by atoms with Crippen LogP contribution in [0.1, 0.15) is 16.7 Å². The zero-order valence-electron chi connectivity index (χ0n) is 19.0. The maximum Gasteiger partial charge on any atom is 0.249 e. The van der Waals surface area contributed by atoms with Gasteiger partial charge in [-0.25, -0.2) is 0 Å². The quantitative estimate of drug-likeness (QED) is 0.719. The van der Waals surface area contributed by atoms with Gasteiger partial charge in [0.05, 0.1) is 13.7 Å². The average Bonchev–Trinajstić information content (AvgIpc) is 2.82. The highest BCUT2D eigenvalue weighted by molar-refractivity contribution is 5.89. The van der Waals surface area contributed by atoms with Crippen LogP contribution in [-0.2, 0) is 20.9 Å². The molecule has 0 unspecified atom stereocenters. The Morgan fingerprint density at radius 1 is 1.06 bits per heavy atom. The normalized spacial score (nSPS) is 19.3. The van der Waals surface area contributed by atoms with Gasteiger partial charge in [-0.1, -0.05) is 24.3 Å². The molecule has 0 spiro atoms. The Balaban J connectivity index is 1.42. The Labute approximate surface area is 189 Å². The van der Waals surface area contributed by atoms with Crippen molar-refractivity contribution in [3.63, 3.8) is 0 Å². The van der Waals surface area contributed by atoms with Gasteiger partial charge in [0, 0.05) is 38.4 Å². The Morgan fingerprint density at radius 3 is 2.47 bits per heavy atom. The molecule has 4 rings (SSSR count). The third-order valence-electron chi connectivity index (χ3n) is 6.50. The smallest absolute Gasteiger partial charge is 0.249 e. The van der Waals surface area contributed by atoms with Crippen LogP contribution in [0.4, 0.5) is 5.69 Å². The second-order valence-electron chi connectivity index (χ2n) is 8.43. The van der Waals surface area contributed by atoms with Gasteiger partial charge in [0.1, 0.15) is 18.4 Å². The van der Waals surface area contributed by atoms with Gasteiger partial charge in [0.25, 0.3) is 0 Å². The first-order chi connectivity index (χ1) is 15.5. The molecule has 0 aliphatic carbocycles. The minimum Gasteiger partial charge on any atom is -0.497 e. The van der Waals surface area contributed by atoms with Crippen molar-refractivity contribution >= 4 is 17.5 Å². The summed E-state index contributed by atoms with van der Waals surface area (Å²) in [5, 5.41) is 0. The molecular weight excluding hydrogens is 406 g/mol. The average molecular weight is 438 g/mol. The third kappa shape index (κ3) is 4.58. The minimum absolute atomic E-state index is 0.0142. The molecule has 2 fully saturated rings. The van der Waals surface area contributed by atoms with E-state index < -0.39 is 6.04 Å². The number of amides is 2. The second kappa shape index (κ2) is 9.61. The fourth-order valence-corrected chi connectivity index (χ4v) is 4.39. The fraction of sp³-hybridized carbons (Fsp3) is 0.440. The molecular formula is C25H31N3O4. The molecule has 32 heavy (non-hydrogen) atoms. The molecule has 0 saturated carbocycles. The number of aryl methyl sites for hydroxylation is 1. The Morgan fingerprint density at radius 2 is 1.78 bits per heavy atom. The summed E-state index contributed by atoms with van der Waals surface area (Å²) in [5.41, 5.74) is 4.74. The van der Waals surface area contributed by atoms with E-state index in [1.165, 1.54) is 16.8 Å². The van der Waals surface area contributed by atoms with E-state index in [2.05, 4.69) is 36.9 Å². The van der Waals surface area contributed by atoms with Crippen LogP contribution in [0.15, 0.2) is 42.5 Å². The maximum atomic E-state index is 13.4. The van der Waals surface area contributed by atoms with Crippen molar-refractivity contribution in [2.45, 2.75) is 26.4 Å². The van der Waals surface area contributed by atoms with Gasteiger partial charge in [-0.3, -0.25) is 9.59 Å². The van der Waals surface area contributed by atoms with Crippen LogP contribution in [-0.4, -0.2) is 74.2 Å². The van der Waals surface area contributed by atoms with Crippen molar-refractivity contribution in [3.8, 4) is 5.75 Å². The number of piperazine rings is 1. The van der Waals surface area contributed by atoms with Gasteiger partial charge in [-0.15, -0.1) is 0 Å². The van der Waals surface area contributed by atoms with Gasteiger partial charge in [0.2, 0.25) is 11.8 Å². The van der Waals surface area contributed by atoms with Crippen molar-refractivity contribution in [2.75, 3.05) is 51.4 Å². The summed E-state index contributed by atoms with van der Waals surface area (Å²) in [6, 6.07) is 13.3. The highest BCUT2D eigenvalue weighted by Gasteiger charge is 2.37. The SMILES string of the molecule is COc1ccc(CN2C(=O)COC[C@H]2C(=O)N2CCN(c3cccc(C)c3C)CC2)cc1. The van der Waals surface area contributed by atoms with E-state index in [1.54, 1.807) is 12.0 Å². The van der Waals surface area contributed by atoms with Crippen LogP contribution in [0.2, 0.25) is 0 Å². The first-order valence-corrected chi connectivity index (χ1v) is 11.1. The van der Waals surface area contributed by atoms with Crippen molar-refractivity contribution in [1.29, 1.82) is 0 Å². The van der Waals surface area contributed by atoms with Gasteiger partial charge in [-0.05, 0) is 48.7 Å². The lowest BCUT2D eigenvalue weighted by atomic mass is 10.1. The third-order valence-corrected chi connectivity index (χ3v) is 6.50. The summed E-state index contributed by atoms with van der Waals surface area (Å²) in [4.78, 5) is 31.9. The monoisotopic (exact) mass is 437 g/mol. The number of methoxy groups -OCH3 is 1. The standard InChI is InChI=1S/C25H31N3O4/c1-18-5-4-6-22(19(18)2)26-11-13-27(14-12-26)25(30)23-16-32-17-24(29)28(23)15-20-7-9-21(31-3)10-8-20/h4-10,23H,11-17H2,1-3H3/t23-/m0/s1. The summed E-state index contributed by atoms with van der Waals surface area (Å²) < 4.78 is 10.7. The summed E-state index contributed by atoms with van der Waals surface area (Å²) in [6.45, 7) is 7.70. The highest BCUT2D eigenvalue weighted by atomic mass is 16.5.